The Kier molecular flexibility index (Phi) is 4.10. The van der Waals surface area contributed by atoms with E-state index >= 15 is 0 Å². The van der Waals surface area contributed by atoms with Crippen LogP contribution in [0.4, 0.5) is 0 Å². The van der Waals surface area contributed by atoms with E-state index in [-0.39, 0.29) is 18.3 Å². The highest BCUT2D eigenvalue weighted by atomic mass is 16.7. The predicted octanol–water partition coefficient (Wildman–Crippen LogP) is 4.54. The largest absolute Gasteiger partial charge is 0.461 e. The molecule has 1 heterocycles. The fourth-order valence-corrected chi connectivity index (χ4v) is 3.65. The van der Waals surface area contributed by atoms with Crippen LogP contribution in [0.1, 0.15) is 67.7 Å². The van der Waals surface area contributed by atoms with Crippen LogP contribution in [0, 0.1) is 17.8 Å². The van der Waals surface area contributed by atoms with Crippen molar-refractivity contribution in [2.24, 2.45) is 17.8 Å². The first kappa shape index (κ1) is 15.4. The van der Waals surface area contributed by atoms with Crippen LogP contribution in [0.2, 0.25) is 5.82 Å². The minimum Gasteiger partial charge on any atom is -0.403 e. The third-order valence-electron chi connectivity index (χ3n) is 5.69. The van der Waals surface area contributed by atoms with Crippen LogP contribution >= 0.6 is 0 Å². The molecule has 0 spiro atoms. The van der Waals surface area contributed by atoms with Gasteiger partial charge in [0.25, 0.3) is 0 Å². The second kappa shape index (κ2) is 5.07. The van der Waals surface area contributed by atoms with Crippen LogP contribution in [-0.4, -0.2) is 18.3 Å². The Morgan fingerprint density at radius 3 is 2.00 bits per heavy atom. The van der Waals surface area contributed by atoms with Crippen molar-refractivity contribution in [2.45, 2.75) is 84.7 Å². The van der Waals surface area contributed by atoms with E-state index in [1.165, 1.54) is 19.3 Å². The average Bonchev–Trinajstić information content (AvgIpc) is 2.47. The van der Waals surface area contributed by atoms with Crippen LogP contribution in [0.3, 0.4) is 0 Å². The van der Waals surface area contributed by atoms with Gasteiger partial charge in [0.05, 0.1) is 11.2 Å². The molecule has 3 atom stereocenters. The molecule has 0 aromatic rings. The quantitative estimate of drug-likeness (QED) is 0.683. The second-order valence-electron chi connectivity index (χ2n) is 8.11. The SMILES string of the molecule is CC1CCC(C(C)C)C(B2OC(C)(C)C(C)(C)O2)C1. The van der Waals surface area contributed by atoms with Crippen molar-refractivity contribution in [3.05, 3.63) is 0 Å². The fourth-order valence-electron chi connectivity index (χ4n) is 3.65. The van der Waals surface area contributed by atoms with Crippen molar-refractivity contribution < 1.29 is 9.31 Å². The Balaban J connectivity index is 2.15. The van der Waals surface area contributed by atoms with Gasteiger partial charge in [0.15, 0.2) is 0 Å². The molecule has 1 saturated carbocycles. The summed E-state index contributed by atoms with van der Waals surface area (Å²) >= 11 is 0. The van der Waals surface area contributed by atoms with Crippen LogP contribution in [0.25, 0.3) is 0 Å². The number of hydrogen-bond acceptors (Lipinski definition) is 2. The first-order chi connectivity index (χ1) is 8.64. The molecule has 0 amide bonds. The van der Waals surface area contributed by atoms with Gasteiger partial charge in [-0.1, -0.05) is 33.6 Å². The molecule has 0 radical (unpaired) electrons. The van der Waals surface area contributed by atoms with Gasteiger partial charge in [-0.05, 0) is 57.7 Å². The van der Waals surface area contributed by atoms with Crippen molar-refractivity contribution in [2.75, 3.05) is 0 Å². The molecule has 1 saturated heterocycles. The molecule has 2 rings (SSSR count). The van der Waals surface area contributed by atoms with Gasteiger partial charge < -0.3 is 9.31 Å². The van der Waals surface area contributed by atoms with Gasteiger partial charge in [0.1, 0.15) is 0 Å². The van der Waals surface area contributed by atoms with Gasteiger partial charge in [0.2, 0.25) is 0 Å². The standard InChI is InChI=1S/C16H31BO2/c1-11(2)13-9-8-12(3)10-14(13)17-18-15(4,5)16(6,7)19-17/h11-14H,8-10H2,1-7H3. The number of rotatable bonds is 2. The summed E-state index contributed by atoms with van der Waals surface area (Å²) in [4.78, 5) is 0. The first-order valence-corrected chi connectivity index (χ1v) is 7.99. The van der Waals surface area contributed by atoms with E-state index in [0.29, 0.717) is 5.82 Å². The highest BCUT2D eigenvalue weighted by Gasteiger charge is 2.55. The third-order valence-corrected chi connectivity index (χ3v) is 5.69. The predicted molar refractivity (Wildman–Crippen MR) is 81.2 cm³/mol. The highest BCUT2D eigenvalue weighted by molar-refractivity contribution is 6.47. The van der Waals surface area contributed by atoms with Gasteiger partial charge in [0, 0.05) is 0 Å². The van der Waals surface area contributed by atoms with E-state index < -0.39 is 0 Å². The Morgan fingerprint density at radius 2 is 1.53 bits per heavy atom. The van der Waals surface area contributed by atoms with Crippen molar-refractivity contribution in [1.29, 1.82) is 0 Å². The molecule has 3 heteroatoms. The van der Waals surface area contributed by atoms with E-state index in [2.05, 4.69) is 48.5 Å². The molecule has 0 aromatic heterocycles. The summed E-state index contributed by atoms with van der Waals surface area (Å²) in [5.74, 6) is 2.83. The average molecular weight is 266 g/mol. The molecular formula is C16H31BO2. The van der Waals surface area contributed by atoms with Crippen LogP contribution in [0.5, 0.6) is 0 Å². The second-order valence-corrected chi connectivity index (χ2v) is 8.11. The Morgan fingerprint density at radius 1 is 1.00 bits per heavy atom. The van der Waals surface area contributed by atoms with E-state index in [9.17, 15) is 0 Å². The maximum atomic E-state index is 6.31. The lowest BCUT2D eigenvalue weighted by Crippen LogP contribution is -2.41. The maximum absolute atomic E-state index is 6.31. The van der Waals surface area contributed by atoms with Crippen molar-refractivity contribution in [1.82, 2.24) is 0 Å². The molecule has 0 aromatic carbocycles. The van der Waals surface area contributed by atoms with E-state index in [0.717, 1.165) is 17.8 Å². The zero-order chi connectivity index (χ0) is 14.4. The molecule has 1 aliphatic carbocycles. The van der Waals surface area contributed by atoms with E-state index in [1.54, 1.807) is 0 Å². The Hall–Kier alpha value is -0.0151. The summed E-state index contributed by atoms with van der Waals surface area (Å²) < 4.78 is 12.6. The van der Waals surface area contributed by atoms with Gasteiger partial charge >= 0.3 is 7.12 Å². The molecule has 2 nitrogen and oxygen atoms in total. The van der Waals surface area contributed by atoms with Crippen LogP contribution in [0.15, 0.2) is 0 Å². The smallest absolute Gasteiger partial charge is 0.403 e. The number of hydrogen-bond donors (Lipinski definition) is 0. The summed E-state index contributed by atoms with van der Waals surface area (Å²) in [6.07, 6.45) is 3.94. The molecule has 2 aliphatic rings. The highest BCUT2D eigenvalue weighted by Crippen LogP contribution is 2.49. The third kappa shape index (κ3) is 2.87. The Bertz CT molecular complexity index is 309. The minimum atomic E-state index is -0.195. The van der Waals surface area contributed by atoms with Crippen molar-refractivity contribution >= 4 is 7.12 Å². The Labute approximate surface area is 119 Å². The van der Waals surface area contributed by atoms with Gasteiger partial charge in [-0.25, -0.2) is 0 Å². The normalized spacial score (nSPS) is 37.9. The topological polar surface area (TPSA) is 18.5 Å². The molecule has 0 bridgehead atoms. The van der Waals surface area contributed by atoms with Crippen molar-refractivity contribution in [3.63, 3.8) is 0 Å². The molecule has 110 valence electrons. The van der Waals surface area contributed by atoms with Gasteiger partial charge in [-0.15, -0.1) is 0 Å². The van der Waals surface area contributed by atoms with Crippen LogP contribution < -0.4 is 0 Å². The fraction of sp³-hybridized carbons (Fsp3) is 1.00. The lowest BCUT2D eigenvalue weighted by Gasteiger charge is -2.38. The van der Waals surface area contributed by atoms with E-state index in [4.69, 9.17) is 9.31 Å². The summed E-state index contributed by atoms with van der Waals surface area (Å²) in [5, 5.41) is 0. The summed E-state index contributed by atoms with van der Waals surface area (Å²) in [7, 11) is -0.0138. The van der Waals surface area contributed by atoms with Gasteiger partial charge in [-0.3, -0.25) is 0 Å². The summed E-state index contributed by atoms with van der Waals surface area (Å²) in [6, 6.07) is 0. The summed E-state index contributed by atoms with van der Waals surface area (Å²) in [5.41, 5.74) is -0.389. The maximum Gasteiger partial charge on any atom is 0.461 e. The molecule has 1 aliphatic heterocycles. The molecule has 3 unspecified atom stereocenters. The zero-order valence-electron chi connectivity index (χ0n) is 13.8. The molecule has 0 N–H and O–H groups in total. The lowest BCUT2D eigenvalue weighted by atomic mass is 9.55. The van der Waals surface area contributed by atoms with Crippen molar-refractivity contribution in [3.8, 4) is 0 Å². The van der Waals surface area contributed by atoms with Crippen LogP contribution in [-0.2, 0) is 9.31 Å². The molecule has 2 fully saturated rings. The zero-order valence-corrected chi connectivity index (χ0v) is 13.8. The lowest BCUT2D eigenvalue weighted by molar-refractivity contribution is 0.00578. The monoisotopic (exact) mass is 266 g/mol. The van der Waals surface area contributed by atoms with Gasteiger partial charge in [-0.2, -0.15) is 0 Å². The minimum absolute atomic E-state index is 0.0138. The van der Waals surface area contributed by atoms with E-state index in [1.807, 2.05) is 0 Å². The first-order valence-electron chi connectivity index (χ1n) is 7.99. The summed E-state index contributed by atoms with van der Waals surface area (Å²) in [6.45, 7) is 15.7. The molecular weight excluding hydrogens is 235 g/mol. The molecule has 19 heavy (non-hydrogen) atoms.